The van der Waals surface area contributed by atoms with Gasteiger partial charge in [-0.25, -0.2) is 4.79 Å². The third kappa shape index (κ3) is 4.79. The van der Waals surface area contributed by atoms with E-state index in [4.69, 9.17) is 9.47 Å². The Hall–Kier alpha value is -3.56. The molecule has 1 aromatic heterocycles. The van der Waals surface area contributed by atoms with Crippen LogP contribution in [0.5, 0.6) is 0 Å². The van der Waals surface area contributed by atoms with Crippen LogP contribution >= 0.6 is 11.5 Å². The minimum Gasteiger partial charge on any atom is -0.463 e. The number of nitrogens with zero attached hydrogens (tertiary/aromatic N) is 2. The van der Waals surface area contributed by atoms with E-state index >= 15 is 0 Å². The maximum absolute atomic E-state index is 13.0. The van der Waals surface area contributed by atoms with Gasteiger partial charge in [-0.2, -0.15) is 4.37 Å². The van der Waals surface area contributed by atoms with Crippen LogP contribution in [-0.2, 0) is 27.5 Å². The van der Waals surface area contributed by atoms with Crippen LogP contribution in [0.2, 0.25) is 0 Å². The fourth-order valence-electron chi connectivity index (χ4n) is 3.89. The molecule has 0 aliphatic carbocycles. The molecule has 1 atom stereocenters. The maximum Gasteiger partial charge on any atom is 0.336 e. The Balaban J connectivity index is 1.73. The lowest BCUT2D eigenvalue weighted by molar-refractivity contribution is -0.384. The van der Waals surface area contributed by atoms with Crippen molar-refractivity contribution in [2.45, 2.75) is 33.0 Å². The predicted molar refractivity (Wildman–Crippen MR) is 125 cm³/mol. The first-order chi connectivity index (χ1) is 16.0. The number of nitro groups is 1. The van der Waals surface area contributed by atoms with Crippen molar-refractivity contribution in [3.8, 4) is 0 Å². The lowest BCUT2D eigenvalue weighted by atomic mass is 9.81. The highest BCUT2D eigenvalue weighted by Crippen LogP contribution is 2.46. The topological polar surface area (TPSA) is 104 Å². The molecule has 1 unspecified atom stereocenters. The average molecular weight is 466 g/mol. The van der Waals surface area contributed by atoms with Crippen molar-refractivity contribution < 1.29 is 19.2 Å². The van der Waals surface area contributed by atoms with Crippen molar-refractivity contribution in [2.24, 2.45) is 0 Å². The van der Waals surface area contributed by atoms with Crippen molar-refractivity contribution in [2.75, 3.05) is 11.9 Å². The molecule has 3 aromatic rings. The molecule has 0 spiro atoms. The Morgan fingerprint density at radius 1 is 1.18 bits per heavy atom. The van der Waals surface area contributed by atoms with Gasteiger partial charge >= 0.3 is 5.97 Å². The zero-order valence-electron chi connectivity index (χ0n) is 18.2. The van der Waals surface area contributed by atoms with E-state index in [1.807, 2.05) is 30.3 Å². The molecule has 1 aliphatic rings. The van der Waals surface area contributed by atoms with Crippen LogP contribution in [0.1, 0.15) is 42.1 Å². The molecular weight excluding hydrogens is 442 g/mol. The number of hydrogen-bond donors (Lipinski definition) is 1. The van der Waals surface area contributed by atoms with Crippen LogP contribution in [0.15, 0.2) is 65.9 Å². The molecule has 0 saturated carbocycles. The largest absolute Gasteiger partial charge is 0.463 e. The summed E-state index contributed by atoms with van der Waals surface area (Å²) in [6.07, 6.45) is 0. The molecule has 9 heteroatoms. The Labute approximate surface area is 195 Å². The number of fused-ring (bicyclic) bond motifs is 1. The summed E-state index contributed by atoms with van der Waals surface area (Å²) in [6.45, 7) is 4.42. The Morgan fingerprint density at radius 2 is 1.97 bits per heavy atom. The number of ether oxygens (including phenoxy) is 2. The summed E-state index contributed by atoms with van der Waals surface area (Å²) in [5.74, 6) is -1.03. The van der Waals surface area contributed by atoms with Crippen molar-refractivity contribution in [1.29, 1.82) is 0 Å². The van der Waals surface area contributed by atoms with Gasteiger partial charge in [0, 0.05) is 29.3 Å². The van der Waals surface area contributed by atoms with E-state index < -0.39 is 16.8 Å². The smallest absolute Gasteiger partial charge is 0.336 e. The third-order valence-electron chi connectivity index (χ3n) is 5.35. The first-order valence-corrected chi connectivity index (χ1v) is 11.3. The molecule has 4 rings (SSSR count). The van der Waals surface area contributed by atoms with Gasteiger partial charge in [-0.05, 0) is 36.5 Å². The van der Waals surface area contributed by atoms with E-state index in [2.05, 4.69) is 9.69 Å². The molecule has 1 N–H and O–H groups in total. The first kappa shape index (κ1) is 22.6. The van der Waals surface area contributed by atoms with E-state index in [0.29, 0.717) is 29.1 Å². The van der Waals surface area contributed by atoms with E-state index in [0.717, 1.165) is 16.1 Å². The molecule has 0 fully saturated rings. The van der Waals surface area contributed by atoms with Gasteiger partial charge in [0.25, 0.3) is 5.69 Å². The van der Waals surface area contributed by atoms with Gasteiger partial charge in [0.15, 0.2) is 0 Å². The molecule has 2 aromatic carbocycles. The quantitative estimate of drug-likeness (QED) is 0.278. The number of non-ortho nitro benzene ring substituents is 1. The molecule has 2 heterocycles. The number of rotatable bonds is 8. The summed E-state index contributed by atoms with van der Waals surface area (Å²) < 4.78 is 15.8. The lowest BCUT2D eigenvalue weighted by Crippen LogP contribution is -2.24. The molecular formula is C24H23N3O5S. The van der Waals surface area contributed by atoms with Gasteiger partial charge < -0.3 is 14.8 Å². The highest BCUT2D eigenvalue weighted by molar-refractivity contribution is 7.10. The molecule has 8 nitrogen and oxygen atoms in total. The molecule has 0 saturated heterocycles. The second-order valence-electron chi connectivity index (χ2n) is 7.52. The number of esters is 1. The summed E-state index contributed by atoms with van der Waals surface area (Å²) in [7, 11) is 0. The van der Waals surface area contributed by atoms with Gasteiger partial charge in [0.1, 0.15) is 5.00 Å². The van der Waals surface area contributed by atoms with E-state index in [9.17, 15) is 14.9 Å². The van der Waals surface area contributed by atoms with Gasteiger partial charge in [-0.3, -0.25) is 10.1 Å². The highest BCUT2D eigenvalue weighted by atomic mass is 32.1. The van der Waals surface area contributed by atoms with E-state index in [1.165, 1.54) is 23.7 Å². The summed E-state index contributed by atoms with van der Waals surface area (Å²) in [4.78, 5) is 23.9. The molecule has 0 bridgehead atoms. The highest BCUT2D eigenvalue weighted by Gasteiger charge is 2.37. The molecule has 170 valence electrons. The van der Waals surface area contributed by atoms with Crippen LogP contribution in [0.25, 0.3) is 0 Å². The van der Waals surface area contributed by atoms with Crippen LogP contribution in [-0.4, -0.2) is 21.9 Å². The second kappa shape index (κ2) is 9.93. The van der Waals surface area contributed by atoms with Crippen LogP contribution in [0.4, 0.5) is 10.7 Å². The predicted octanol–water partition coefficient (Wildman–Crippen LogP) is 5.16. The summed E-state index contributed by atoms with van der Waals surface area (Å²) in [5.41, 5.74) is 4.13. The number of allylic oxidation sites excluding steroid dienone is 1. The SMILES string of the molecule is CCOC(=O)C1=C(C)Nc2snc(COCc3ccccc3)c2C1c1cccc([N+](=O)[O-])c1. The van der Waals surface area contributed by atoms with E-state index in [-0.39, 0.29) is 18.9 Å². The van der Waals surface area contributed by atoms with Gasteiger partial charge in [-0.1, -0.05) is 42.5 Å². The first-order valence-electron chi connectivity index (χ1n) is 10.5. The van der Waals surface area contributed by atoms with Crippen LogP contribution < -0.4 is 5.32 Å². The summed E-state index contributed by atoms with van der Waals surface area (Å²) in [6, 6.07) is 16.1. The number of anilines is 1. The number of carbonyl (C=O) groups excluding carboxylic acids is 1. The molecule has 33 heavy (non-hydrogen) atoms. The summed E-state index contributed by atoms with van der Waals surface area (Å²) >= 11 is 1.28. The van der Waals surface area contributed by atoms with Gasteiger partial charge in [0.05, 0.1) is 36.0 Å². The van der Waals surface area contributed by atoms with Gasteiger partial charge in [-0.15, -0.1) is 0 Å². The minimum absolute atomic E-state index is 0.0430. The Kier molecular flexibility index (Phi) is 6.81. The van der Waals surface area contributed by atoms with Crippen LogP contribution in [0, 0.1) is 10.1 Å². The van der Waals surface area contributed by atoms with E-state index in [1.54, 1.807) is 26.0 Å². The summed E-state index contributed by atoms with van der Waals surface area (Å²) in [5, 5.41) is 15.5. The molecule has 0 radical (unpaired) electrons. The Morgan fingerprint density at radius 3 is 2.70 bits per heavy atom. The van der Waals surface area contributed by atoms with Gasteiger partial charge in [0.2, 0.25) is 0 Å². The minimum atomic E-state index is -0.561. The maximum atomic E-state index is 13.0. The van der Waals surface area contributed by atoms with Crippen molar-refractivity contribution in [1.82, 2.24) is 4.37 Å². The number of aromatic nitrogens is 1. The third-order valence-corrected chi connectivity index (χ3v) is 6.16. The normalized spacial score (nSPS) is 15.0. The monoisotopic (exact) mass is 465 g/mol. The number of nitro benzene ring substituents is 1. The molecule has 1 aliphatic heterocycles. The Bertz CT molecular complexity index is 1210. The fraction of sp³-hybridized carbons (Fsp3) is 0.250. The van der Waals surface area contributed by atoms with Crippen molar-refractivity contribution in [3.63, 3.8) is 0 Å². The second-order valence-corrected chi connectivity index (χ2v) is 8.29. The zero-order chi connectivity index (χ0) is 23.4. The van der Waals surface area contributed by atoms with Crippen molar-refractivity contribution in [3.05, 3.63) is 98.4 Å². The van der Waals surface area contributed by atoms with Crippen molar-refractivity contribution >= 4 is 28.2 Å². The number of hydrogen-bond acceptors (Lipinski definition) is 8. The fourth-order valence-corrected chi connectivity index (χ4v) is 4.78. The molecule has 0 amide bonds. The number of benzene rings is 2. The standard InChI is InChI=1S/C24H23N3O5S/c1-3-32-24(28)20-15(2)25-23-22(21(20)17-10-7-11-18(12-17)27(29)30)19(26-33-23)14-31-13-16-8-5-4-6-9-16/h4-12,21,25H,3,13-14H2,1-2H3. The zero-order valence-corrected chi connectivity index (χ0v) is 19.1. The lowest BCUT2D eigenvalue weighted by Gasteiger charge is -2.28. The number of carbonyl (C=O) groups is 1. The number of nitrogens with one attached hydrogen (secondary N) is 1. The van der Waals surface area contributed by atoms with Crippen LogP contribution in [0.3, 0.4) is 0 Å². The average Bonchev–Trinajstić information content (AvgIpc) is 3.21.